The predicted molar refractivity (Wildman–Crippen MR) is 76.3 cm³/mol. The van der Waals surface area contributed by atoms with Gasteiger partial charge in [0.05, 0.1) is 12.3 Å². The van der Waals surface area contributed by atoms with E-state index >= 15 is 0 Å². The molecule has 102 valence electrons. The van der Waals surface area contributed by atoms with E-state index in [1.807, 2.05) is 11.3 Å². The van der Waals surface area contributed by atoms with Crippen molar-refractivity contribution in [3.63, 3.8) is 0 Å². The second kappa shape index (κ2) is 6.13. The molecular formula is C14H24N2OS. The molecule has 1 unspecified atom stereocenters. The van der Waals surface area contributed by atoms with Crippen LogP contribution >= 0.6 is 11.3 Å². The van der Waals surface area contributed by atoms with Gasteiger partial charge in [0, 0.05) is 18.0 Å². The van der Waals surface area contributed by atoms with Crippen LogP contribution in [0.15, 0.2) is 0 Å². The average Bonchev–Trinajstić information content (AvgIpc) is 2.73. The lowest BCUT2D eigenvalue weighted by atomic mass is 10.0. The molecule has 0 aromatic carbocycles. The van der Waals surface area contributed by atoms with Crippen molar-refractivity contribution in [2.75, 3.05) is 19.7 Å². The van der Waals surface area contributed by atoms with Gasteiger partial charge in [-0.05, 0) is 18.3 Å². The van der Waals surface area contributed by atoms with Gasteiger partial charge in [-0.15, -0.1) is 11.3 Å². The molecule has 2 rings (SSSR count). The van der Waals surface area contributed by atoms with E-state index in [-0.39, 0.29) is 6.10 Å². The molecular weight excluding hydrogens is 244 g/mol. The van der Waals surface area contributed by atoms with Gasteiger partial charge in [0.1, 0.15) is 11.1 Å². The predicted octanol–water partition coefficient (Wildman–Crippen LogP) is 3.13. The monoisotopic (exact) mass is 268 g/mol. The second-order valence-corrected chi connectivity index (χ2v) is 6.74. The highest BCUT2D eigenvalue weighted by atomic mass is 32.1. The third kappa shape index (κ3) is 3.31. The normalized spacial score (nSPS) is 20.9. The second-order valence-electron chi connectivity index (χ2n) is 5.68. The Bertz CT molecular complexity index is 381. The van der Waals surface area contributed by atoms with Gasteiger partial charge >= 0.3 is 0 Å². The van der Waals surface area contributed by atoms with Gasteiger partial charge in [0.25, 0.3) is 0 Å². The van der Waals surface area contributed by atoms with Gasteiger partial charge in [-0.2, -0.15) is 0 Å². The van der Waals surface area contributed by atoms with Gasteiger partial charge in [-0.25, -0.2) is 4.98 Å². The summed E-state index contributed by atoms with van der Waals surface area (Å²) in [5.41, 5.74) is 1.29. The van der Waals surface area contributed by atoms with Crippen molar-refractivity contribution in [1.29, 1.82) is 0 Å². The number of hydrogen-bond acceptors (Lipinski definition) is 4. The molecule has 1 N–H and O–H groups in total. The van der Waals surface area contributed by atoms with Crippen molar-refractivity contribution in [3.8, 4) is 0 Å². The summed E-state index contributed by atoms with van der Waals surface area (Å²) < 4.78 is 5.80. The number of aromatic nitrogens is 1. The van der Waals surface area contributed by atoms with Crippen molar-refractivity contribution in [2.45, 2.75) is 46.1 Å². The van der Waals surface area contributed by atoms with E-state index < -0.39 is 0 Å². The van der Waals surface area contributed by atoms with Gasteiger partial charge in [0.2, 0.25) is 0 Å². The molecule has 0 radical (unpaired) electrons. The lowest BCUT2D eigenvalue weighted by Gasteiger charge is -2.21. The molecule has 3 nitrogen and oxygen atoms in total. The molecule has 4 heteroatoms. The zero-order chi connectivity index (χ0) is 13.1. The summed E-state index contributed by atoms with van der Waals surface area (Å²) in [7, 11) is 0. The van der Waals surface area contributed by atoms with Crippen molar-refractivity contribution in [1.82, 2.24) is 10.3 Å². The summed E-state index contributed by atoms with van der Waals surface area (Å²) in [6.45, 7) is 11.6. The molecule has 2 heterocycles. The van der Waals surface area contributed by atoms with E-state index in [0.29, 0.717) is 11.8 Å². The molecule has 1 atom stereocenters. The topological polar surface area (TPSA) is 34.2 Å². The molecule has 0 amide bonds. The third-order valence-corrected chi connectivity index (χ3v) is 4.56. The first-order valence-electron chi connectivity index (χ1n) is 6.89. The first kappa shape index (κ1) is 14.0. The van der Waals surface area contributed by atoms with Crippen LogP contribution in [0.2, 0.25) is 0 Å². The molecule has 1 fully saturated rings. The highest BCUT2D eigenvalue weighted by Crippen LogP contribution is 2.32. The number of nitrogens with zero attached hydrogens (tertiary/aromatic N) is 1. The summed E-state index contributed by atoms with van der Waals surface area (Å²) >= 11 is 1.84. The lowest BCUT2D eigenvalue weighted by molar-refractivity contribution is 0.0274. The van der Waals surface area contributed by atoms with E-state index in [4.69, 9.17) is 9.72 Å². The van der Waals surface area contributed by atoms with Crippen molar-refractivity contribution in [2.24, 2.45) is 5.92 Å². The Kier molecular flexibility index (Phi) is 4.76. The maximum atomic E-state index is 5.80. The number of rotatable bonds is 4. The van der Waals surface area contributed by atoms with Crippen LogP contribution in [0, 0.1) is 5.92 Å². The molecule has 0 aliphatic carbocycles. The Morgan fingerprint density at radius 2 is 2.17 bits per heavy atom. The number of thiazole rings is 1. The number of hydrogen-bond donors (Lipinski definition) is 1. The molecule has 1 aliphatic heterocycles. The van der Waals surface area contributed by atoms with Crippen LogP contribution in [-0.4, -0.2) is 24.7 Å². The van der Waals surface area contributed by atoms with E-state index in [2.05, 4.69) is 33.0 Å². The first-order chi connectivity index (χ1) is 8.58. The van der Waals surface area contributed by atoms with Gasteiger partial charge < -0.3 is 10.1 Å². The quantitative estimate of drug-likeness (QED) is 0.911. The van der Waals surface area contributed by atoms with E-state index in [0.717, 1.165) is 31.1 Å². The minimum absolute atomic E-state index is 0.155. The Labute approximate surface area is 114 Å². The first-order valence-corrected chi connectivity index (χ1v) is 7.71. The SMILES string of the molecule is CC(C)Cc1nc(C2CNCCO2)sc1C(C)C. The Morgan fingerprint density at radius 3 is 2.72 bits per heavy atom. The van der Waals surface area contributed by atoms with E-state index in [1.165, 1.54) is 10.6 Å². The summed E-state index contributed by atoms with van der Waals surface area (Å²) in [6.07, 6.45) is 1.23. The van der Waals surface area contributed by atoms with Gasteiger partial charge in [-0.1, -0.05) is 27.7 Å². The standard InChI is InChI=1S/C14H24N2OS/c1-9(2)7-11-13(10(3)4)18-14(16-11)12-8-15-5-6-17-12/h9-10,12,15H,5-8H2,1-4H3. The van der Waals surface area contributed by atoms with Crippen LogP contribution in [0.1, 0.15) is 55.3 Å². The summed E-state index contributed by atoms with van der Waals surface area (Å²) in [5.74, 6) is 1.21. The minimum Gasteiger partial charge on any atom is -0.368 e. The van der Waals surface area contributed by atoms with Crippen molar-refractivity contribution < 1.29 is 4.74 Å². The fraction of sp³-hybridized carbons (Fsp3) is 0.786. The molecule has 0 bridgehead atoms. The third-order valence-electron chi connectivity index (χ3n) is 3.07. The van der Waals surface area contributed by atoms with Crippen LogP contribution < -0.4 is 5.32 Å². The van der Waals surface area contributed by atoms with E-state index in [9.17, 15) is 0 Å². The van der Waals surface area contributed by atoms with Crippen LogP contribution in [-0.2, 0) is 11.2 Å². The van der Waals surface area contributed by atoms with E-state index in [1.54, 1.807) is 0 Å². The van der Waals surface area contributed by atoms with Gasteiger partial charge in [-0.3, -0.25) is 0 Å². The van der Waals surface area contributed by atoms with Crippen molar-refractivity contribution >= 4 is 11.3 Å². The fourth-order valence-electron chi connectivity index (χ4n) is 2.23. The Hall–Kier alpha value is -0.450. The van der Waals surface area contributed by atoms with Gasteiger partial charge in [0.15, 0.2) is 0 Å². The summed E-state index contributed by atoms with van der Waals surface area (Å²) in [6, 6.07) is 0. The molecule has 0 spiro atoms. The molecule has 0 saturated carbocycles. The van der Waals surface area contributed by atoms with Crippen LogP contribution in [0.3, 0.4) is 0 Å². The van der Waals surface area contributed by atoms with Crippen molar-refractivity contribution in [3.05, 3.63) is 15.6 Å². The molecule has 18 heavy (non-hydrogen) atoms. The van der Waals surface area contributed by atoms with Crippen LogP contribution in [0.25, 0.3) is 0 Å². The average molecular weight is 268 g/mol. The highest BCUT2D eigenvalue weighted by Gasteiger charge is 2.23. The molecule has 1 aromatic heterocycles. The molecule has 1 saturated heterocycles. The maximum absolute atomic E-state index is 5.80. The zero-order valence-electron chi connectivity index (χ0n) is 11.8. The minimum atomic E-state index is 0.155. The fourth-order valence-corrected chi connectivity index (χ4v) is 3.37. The smallest absolute Gasteiger partial charge is 0.123 e. The maximum Gasteiger partial charge on any atom is 0.123 e. The molecule has 1 aromatic rings. The largest absolute Gasteiger partial charge is 0.368 e. The Morgan fingerprint density at radius 1 is 1.39 bits per heavy atom. The molecule has 1 aliphatic rings. The number of ether oxygens (including phenoxy) is 1. The highest BCUT2D eigenvalue weighted by molar-refractivity contribution is 7.11. The van der Waals surface area contributed by atoms with Crippen LogP contribution in [0.5, 0.6) is 0 Å². The summed E-state index contributed by atoms with van der Waals surface area (Å²) in [4.78, 5) is 6.29. The zero-order valence-corrected chi connectivity index (χ0v) is 12.6. The lowest BCUT2D eigenvalue weighted by Crippen LogP contribution is -2.33. The summed E-state index contributed by atoms with van der Waals surface area (Å²) in [5, 5.41) is 4.53. The van der Waals surface area contributed by atoms with Crippen LogP contribution in [0.4, 0.5) is 0 Å². The number of nitrogens with one attached hydrogen (secondary N) is 1. The Balaban J connectivity index is 2.20. The number of morpholine rings is 1.